The summed E-state index contributed by atoms with van der Waals surface area (Å²) in [6, 6.07) is 4.10. The molecule has 0 aliphatic carbocycles. The SMILES string of the molecule is C=CCNCC(=O)NCc1ccc(C)s1. The van der Waals surface area contributed by atoms with Crippen LogP contribution >= 0.6 is 11.3 Å². The lowest BCUT2D eigenvalue weighted by Crippen LogP contribution is -2.33. The van der Waals surface area contributed by atoms with Gasteiger partial charge in [-0.25, -0.2) is 0 Å². The highest BCUT2D eigenvalue weighted by molar-refractivity contribution is 7.11. The first-order valence-electron chi connectivity index (χ1n) is 4.86. The molecule has 0 aliphatic heterocycles. The van der Waals surface area contributed by atoms with Gasteiger partial charge in [-0.3, -0.25) is 4.79 Å². The Bertz CT molecular complexity index is 333. The van der Waals surface area contributed by atoms with Crippen LogP contribution < -0.4 is 10.6 Å². The molecule has 1 rings (SSSR count). The molecule has 1 heterocycles. The molecule has 4 heteroatoms. The highest BCUT2D eigenvalue weighted by atomic mass is 32.1. The van der Waals surface area contributed by atoms with Crippen molar-refractivity contribution in [3.63, 3.8) is 0 Å². The lowest BCUT2D eigenvalue weighted by molar-refractivity contribution is -0.120. The highest BCUT2D eigenvalue weighted by Crippen LogP contribution is 2.14. The van der Waals surface area contributed by atoms with E-state index in [0.29, 0.717) is 19.6 Å². The number of amides is 1. The van der Waals surface area contributed by atoms with E-state index in [9.17, 15) is 4.79 Å². The Morgan fingerprint density at radius 3 is 3.00 bits per heavy atom. The molecule has 2 N–H and O–H groups in total. The molecule has 0 saturated heterocycles. The van der Waals surface area contributed by atoms with Gasteiger partial charge in [0.05, 0.1) is 13.1 Å². The van der Waals surface area contributed by atoms with Gasteiger partial charge in [-0.05, 0) is 19.1 Å². The van der Waals surface area contributed by atoms with Crippen molar-refractivity contribution in [2.75, 3.05) is 13.1 Å². The average molecular weight is 224 g/mol. The fourth-order valence-corrected chi connectivity index (χ4v) is 1.95. The van der Waals surface area contributed by atoms with Crippen LogP contribution in [0.1, 0.15) is 9.75 Å². The maximum Gasteiger partial charge on any atom is 0.234 e. The molecule has 1 amide bonds. The number of carbonyl (C=O) groups excluding carboxylic acids is 1. The van der Waals surface area contributed by atoms with Gasteiger partial charge in [-0.2, -0.15) is 0 Å². The van der Waals surface area contributed by atoms with Gasteiger partial charge in [0.15, 0.2) is 0 Å². The third-order valence-corrected chi connectivity index (χ3v) is 2.83. The summed E-state index contributed by atoms with van der Waals surface area (Å²) < 4.78 is 0. The van der Waals surface area contributed by atoms with Gasteiger partial charge in [0, 0.05) is 16.3 Å². The van der Waals surface area contributed by atoms with Crippen molar-refractivity contribution >= 4 is 17.2 Å². The molecule has 0 radical (unpaired) electrons. The summed E-state index contributed by atoms with van der Waals surface area (Å²) in [4.78, 5) is 13.7. The Labute approximate surface area is 94.2 Å². The molecule has 0 bridgehead atoms. The van der Waals surface area contributed by atoms with Gasteiger partial charge in [0.2, 0.25) is 5.91 Å². The van der Waals surface area contributed by atoms with Crippen LogP contribution in [0.15, 0.2) is 24.8 Å². The predicted octanol–water partition coefficient (Wildman–Crippen LogP) is 1.45. The molecular weight excluding hydrogens is 208 g/mol. The van der Waals surface area contributed by atoms with Gasteiger partial charge in [-0.15, -0.1) is 17.9 Å². The maximum absolute atomic E-state index is 11.3. The number of nitrogens with one attached hydrogen (secondary N) is 2. The molecule has 0 unspecified atom stereocenters. The second-order valence-corrected chi connectivity index (χ2v) is 4.58. The van der Waals surface area contributed by atoms with E-state index < -0.39 is 0 Å². The Hall–Kier alpha value is -1.13. The highest BCUT2D eigenvalue weighted by Gasteiger charge is 2.01. The molecule has 0 spiro atoms. The van der Waals surface area contributed by atoms with Crippen molar-refractivity contribution in [1.29, 1.82) is 0 Å². The molecule has 0 aromatic carbocycles. The smallest absolute Gasteiger partial charge is 0.234 e. The Kier molecular flexibility index (Phi) is 5.07. The molecule has 0 saturated carbocycles. The number of aryl methyl sites for hydroxylation is 1. The van der Waals surface area contributed by atoms with Crippen LogP contribution in [0.25, 0.3) is 0 Å². The molecule has 1 aromatic heterocycles. The normalized spacial score (nSPS) is 9.93. The van der Waals surface area contributed by atoms with E-state index in [1.807, 2.05) is 6.07 Å². The number of thiophene rings is 1. The molecule has 1 aromatic rings. The Morgan fingerprint density at radius 2 is 2.40 bits per heavy atom. The van der Waals surface area contributed by atoms with Crippen LogP contribution in [0.4, 0.5) is 0 Å². The largest absolute Gasteiger partial charge is 0.350 e. The van der Waals surface area contributed by atoms with Crippen molar-refractivity contribution in [3.8, 4) is 0 Å². The monoisotopic (exact) mass is 224 g/mol. The summed E-state index contributed by atoms with van der Waals surface area (Å²) in [5.74, 6) is 0.0166. The summed E-state index contributed by atoms with van der Waals surface area (Å²) in [5.41, 5.74) is 0. The van der Waals surface area contributed by atoms with Gasteiger partial charge >= 0.3 is 0 Å². The molecular formula is C11H16N2OS. The summed E-state index contributed by atoms with van der Waals surface area (Å²) in [5, 5.41) is 5.80. The first-order valence-corrected chi connectivity index (χ1v) is 5.67. The molecule has 0 atom stereocenters. The molecule has 0 aliphatic rings. The number of carbonyl (C=O) groups is 1. The lowest BCUT2D eigenvalue weighted by Gasteiger charge is -2.03. The lowest BCUT2D eigenvalue weighted by atomic mass is 10.4. The summed E-state index contributed by atoms with van der Waals surface area (Å²) in [7, 11) is 0. The van der Waals surface area contributed by atoms with Crippen molar-refractivity contribution < 1.29 is 4.79 Å². The van der Waals surface area contributed by atoms with Crippen LogP contribution in [0.2, 0.25) is 0 Å². The minimum Gasteiger partial charge on any atom is -0.350 e. The van der Waals surface area contributed by atoms with E-state index >= 15 is 0 Å². The van der Waals surface area contributed by atoms with Crippen molar-refractivity contribution in [2.24, 2.45) is 0 Å². The minimum absolute atomic E-state index is 0.0166. The van der Waals surface area contributed by atoms with E-state index in [-0.39, 0.29) is 5.91 Å². The Balaban J connectivity index is 2.19. The third kappa shape index (κ3) is 4.76. The van der Waals surface area contributed by atoms with Gasteiger partial charge in [-0.1, -0.05) is 6.08 Å². The summed E-state index contributed by atoms with van der Waals surface area (Å²) in [6.07, 6.45) is 1.73. The van der Waals surface area contributed by atoms with Gasteiger partial charge < -0.3 is 10.6 Å². The van der Waals surface area contributed by atoms with Crippen LogP contribution in [0.3, 0.4) is 0 Å². The molecule has 15 heavy (non-hydrogen) atoms. The van der Waals surface area contributed by atoms with Crippen LogP contribution in [0.5, 0.6) is 0 Å². The first kappa shape index (κ1) is 11.9. The quantitative estimate of drug-likeness (QED) is 0.567. The molecule has 82 valence electrons. The zero-order chi connectivity index (χ0) is 11.1. The Morgan fingerprint density at radius 1 is 1.60 bits per heavy atom. The van der Waals surface area contributed by atoms with E-state index in [1.54, 1.807) is 17.4 Å². The summed E-state index contributed by atoms with van der Waals surface area (Å²) >= 11 is 1.71. The second kappa shape index (κ2) is 6.37. The minimum atomic E-state index is 0.0166. The first-order chi connectivity index (χ1) is 7.22. The van der Waals surface area contributed by atoms with Crippen LogP contribution in [-0.2, 0) is 11.3 Å². The third-order valence-electron chi connectivity index (χ3n) is 1.83. The van der Waals surface area contributed by atoms with E-state index in [1.165, 1.54) is 9.75 Å². The van der Waals surface area contributed by atoms with E-state index in [2.05, 4.69) is 30.2 Å². The summed E-state index contributed by atoms with van der Waals surface area (Å²) in [6.45, 7) is 7.24. The maximum atomic E-state index is 11.3. The number of hydrogen-bond acceptors (Lipinski definition) is 3. The molecule has 0 fully saturated rings. The van der Waals surface area contributed by atoms with E-state index in [0.717, 1.165) is 0 Å². The fraction of sp³-hybridized carbons (Fsp3) is 0.364. The topological polar surface area (TPSA) is 41.1 Å². The van der Waals surface area contributed by atoms with Crippen LogP contribution in [-0.4, -0.2) is 19.0 Å². The van der Waals surface area contributed by atoms with Crippen molar-refractivity contribution in [2.45, 2.75) is 13.5 Å². The number of rotatable bonds is 6. The molecule has 3 nitrogen and oxygen atoms in total. The van der Waals surface area contributed by atoms with Crippen molar-refractivity contribution in [1.82, 2.24) is 10.6 Å². The van der Waals surface area contributed by atoms with Gasteiger partial charge in [0.25, 0.3) is 0 Å². The predicted molar refractivity (Wildman–Crippen MR) is 64.0 cm³/mol. The van der Waals surface area contributed by atoms with E-state index in [4.69, 9.17) is 0 Å². The fourth-order valence-electron chi connectivity index (χ4n) is 1.12. The van der Waals surface area contributed by atoms with Crippen LogP contribution in [0, 0.1) is 6.92 Å². The number of hydrogen-bond donors (Lipinski definition) is 2. The standard InChI is InChI=1S/C11H16N2OS/c1-3-6-12-8-11(14)13-7-10-5-4-9(2)15-10/h3-5,12H,1,6-8H2,2H3,(H,13,14). The van der Waals surface area contributed by atoms with Crippen molar-refractivity contribution in [3.05, 3.63) is 34.5 Å². The second-order valence-electron chi connectivity index (χ2n) is 3.21. The average Bonchev–Trinajstić information content (AvgIpc) is 2.62. The zero-order valence-electron chi connectivity index (χ0n) is 8.88. The van der Waals surface area contributed by atoms with Gasteiger partial charge in [0.1, 0.15) is 0 Å². The zero-order valence-corrected chi connectivity index (χ0v) is 9.69.